The van der Waals surface area contributed by atoms with Crippen LogP contribution >= 0.6 is 11.3 Å². The van der Waals surface area contributed by atoms with Crippen LogP contribution in [0.5, 0.6) is 0 Å². The Morgan fingerprint density at radius 1 is 1.37 bits per heavy atom. The molecule has 1 N–H and O–H groups in total. The first-order chi connectivity index (χ1) is 9.01. The van der Waals surface area contributed by atoms with Crippen molar-refractivity contribution in [3.63, 3.8) is 0 Å². The largest absolute Gasteiger partial charge is 0.309 e. The summed E-state index contributed by atoms with van der Waals surface area (Å²) in [7, 11) is -3.00. The molecular weight excluding hydrogens is 280 g/mol. The highest BCUT2D eigenvalue weighted by atomic mass is 32.2. The van der Waals surface area contributed by atoms with Crippen molar-refractivity contribution >= 4 is 21.4 Å². The number of sulfonamides is 1. The lowest BCUT2D eigenvalue weighted by Crippen LogP contribution is -2.45. The summed E-state index contributed by atoms with van der Waals surface area (Å²) in [6.45, 7) is 6.01. The Balaban J connectivity index is 1.78. The molecule has 108 valence electrons. The zero-order chi connectivity index (χ0) is 13.9. The SMILES string of the molecule is CCS(=O)(=O)N1CCC(NCc2ccc(C)s2)CC1. The topological polar surface area (TPSA) is 49.4 Å². The monoisotopic (exact) mass is 302 g/mol. The van der Waals surface area contributed by atoms with E-state index in [2.05, 4.69) is 24.4 Å². The van der Waals surface area contributed by atoms with Gasteiger partial charge in [0.2, 0.25) is 10.0 Å². The first-order valence-corrected chi connectivity index (χ1v) is 9.20. The minimum atomic E-state index is -3.00. The van der Waals surface area contributed by atoms with E-state index >= 15 is 0 Å². The standard InChI is InChI=1S/C13H22N2O2S2/c1-3-19(16,17)15-8-6-12(7-9-15)14-10-13-5-4-11(2)18-13/h4-5,12,14H,3,6-10H2,1-2H3. The average molecular weight is 302 g/mol. The molecule has 2 rings (SSSR count). The molecule has 4 nitrogen and oxygen atoms in total. The van der Waals surface area contributed by atoms with Crippen molar-refractivity contribution in [2.24, 2.45) is 0 Å². The number of rotatable bonds is 5. The van der Waals surface area contributed by atoms with Crippen LogP contribution in [0.1, 0.15) is 29.5 Å². The third-order valence-electron chi connectivity index (χ3n) is 3.57. The Morgan fingerprint density at radius 3 is 2.58 bits per heavy atom. The number of hydrogen-bond acceptors (Lipinski definition) is 4. The quantitative estimate of drug-likeness (QED) is 0.904. The first kappa shape index (κ1) is 15.0. The molecule has 19 heavy (non-hydrogen) atoms. The van der Waals surface area contributed by atoms with Crippen molar-refractivity contribution in [1.82, 2.24) is 9.62 Å². The van der Waals surface area contributed by atoms with Crippen LogP contribution in [0.3, 0.4) is 0 Å². The number of hydrogen-bond donors (Lipinski definition) is 1. The summed E-state index contributed by atoms with van der Waals surface area (Å²) in [6, 6.07) is 4.73. The minimum Gasteiger partial charge on any atom is -0.309 e. The van der Waals surface area contributed by atoms with Crippen LogP contribution in [0, 0.1) is 6.92 Å². The molecule has 1 aromatic heterocycles. The lowest BCUT2D eigenvalue weighted by Gasteiger charge is -2.31. The van der Waals surface area contributed by atoms with Crippen molar-refractivity contribution in [1.29, 1.82) is 0 Å². The van der Waals surface area contributed by atoms with Crippen molar-refractivity contribution in [3.8, 4) is 0 Å². The van der Waals surface area contributed by atoms with E-state index in [1.54, 1.807) is 11.2 Å². The molecule has 0 amide bonds. The van der Waals surface area contributed by atoms with Gasteiger partial charge >= 0.3 is 0 Å². The molecule has 0 atom stereocenters. The number of piperidine rings is 1. The second-order valence-corrected chi connectivity index (χ2v) is 8.60. The summed E-state index contributed by atoms with van der Waals surface area (Å²) in [5.74, 6) is 0.208. The van der Waals surface area contributed by atoms with Gasteiger partial charge in [0.15, 0.2) is 0 Å². The molecule has 1 aliphatic heterocycles. The molecule has 1 aliphatic rings. The molecule has 0 spiro atoms. The van der Waals surface area contributed by atoms with Crippen LogP contribution in [-0.4, -0.2) is 37.6 Å². The van der Waals surface area contributed by atoms with Gasteiger partial charge in [0, 0.05) is 35.4 Å². The van der Waals surface area contributed by atoms with E-state index in [1.807, 2.05) is 11.3 Å². The summed E-state index contributed by atoms with van der Waals surface area (Å²) in [5, 5.41) is 3.53. The van der Waals surface area contributed by atoms with Gasteiger partial charge in [-0.15, -0.1) is 11.3 Å². The molecule has 0 radical (unpaired) electrons. The molecular formula is C13H22N2O2S2. The van der Waals surface area contributed by atoms with Gasteiger partial charge < -0.3 is 5.32 Å². The molecule has 0 unspecified atom stereocenters. The summed E-state index contributed by atoms with van der Waals surface area (Å²) < 4.78 is 25.1. The summed E-state index contributed by atoms with van der Waals surface area (Å²) in [5.41, 5.74) is 0. The third kappa shape index (κ3) is 4.02. The normalized spacial score (nSPS) is 18.8. The van der Waals surface area contributed by atoms with Crippen molar-refractivity contribution in [3.05, 3.63) is 21.9 Å². The van der Waals surface area contributed by atoms with E-state index in [-0.39, 0.29) is 5.75 Å². The van der Waals surface area contributed by atoms with Crippen molar-refractivity contribution in [2.75, 3.05) is 18.8 Å². The molecule has 2 heterocycles. The number of nitrogens with one attached hydrogen (secondary N) is 1. The maximum Gasteiger partial charge on any atom is 0.213 e. The Labute approximate surface area is 119 Å². The molecule has 0 bridgehead atoms. The Bertz CT molecular complexity index is 502. The van der Waals surface area contributed by atoms with Crippen LogP contribution < -0.4 is 5.32 Å². The van der Waals surface area contributed by atoms with Gasteiger partial charge in [0.1, 0.15) is 0 Å². The van der Waals surface area contributed by atoms with Crippen molar-refractivity contribution < 1.29 is 8.42 Å². The van der Waals surface area contributed by atoms with E-state index in [9.17, 15) is 8.42 Å². The Kier molecular flexibility index (Phi) is 5.00. The second kappa shape index (κ2) is 6.35. The van der Waals surface area contributed by atoms with Gasteiger partial charge in [-0.1, -0.05) is 0 Å². The zero-order valence-electron chi connectivity index (χ0n) is 11.6. The zero-order valence-corrected chi connectivity index (χ0v) is 13.2. The fraction of sp³-hybridized carbons (Fsp3) is 0.692. The summed E-state index contributed by atoms with van der Waals surface area (Å²) in [4.78, 5) is 2.68. The predicted molar refractivity (Wildman–Crippen MR) is 80.0 cm³/mol. The predicted octanol–water partition coefficient (Wildman–Crippen LogP) is 1.96. The van der Waals surface area contributed by atoms with Gasteiger partial charge in [-0.2, -0.15) is 0 Å². The van der Waals surface area contributed by atoms with Gasteiger partial charge in [-0.25, -0.2) is 12.7 Å². The van der Waals surface area contributed by atoms with Crippen LogP contribution in [0.15, 0.2) is 12.1 Å². The van der Waals surface area contributed by atoms with E-state index in [0.717, 1.165) is 19.4 Å². The first-order valence-electron chi connectivity index (χ1n) is 6.78. The number of thiophene rings is 1. The number of nitrogens with zero attached hydrogens (tertiary/aromatic N) is 1. The van der Waals surface area contributed by atoms with Gasteiger partial charge in [-0.05, 0) is 38.8 Å². The Morgan fingerprint density at radius 2 is 2.05 bits per heavy atom. The van der Waals surface area contributed by atoms with Gasteiger partial charge in [0.25, 0.3) is 0 Å². The molecule has 1 saturated heterocycles. The maximum absolute atomic E-state index is 11.8. The molecule has 1 fully saturated rings. The highest BCUT2D eigenvalue weighted by molar-refractivity contribution is 7.89. The highest BCUT2D eigenvalue weighted by Gasteiger charge is 2.26. The van der Waals surface area contributed by atoms with E-state index in [0.29, 0.717) is 19.1 Å². The van der Waals surface area contributed by atoms with Gasteiger partial charge in [-0.3, -0.25) is 0 Å². The van der Waals surface area contributed by atoms with Crippen LogP contribution in [0.25, 0.3) is 0 Å². The molecule has 0 aliphatic carbocycles. The smallest absolute Gasteiger partial charge is 0.213 e. The van der Waals surface area contributed by atoms with Gasteiger partial charge in [0.05, 0.1) is 5.75 Å². The molecule has 0 saturated carbocycles. The summed E-state index contributed by atoms with van der Waals surface area (Å²) in [6.07, 6.45) is 1.81. The van der Waals surface area contributed by atoms with E-state index in [1.165, 1.54) is 9.75 Å². The summed E-state index contributed by atoms with van der Waals surface area (Å²) >= 11 is 1.82. The van der Waals surface area contributed by atoms with E-state index < -0.39 is 10.0 Å². The van der Waals surface area contributed by atoms with E-state index in [4.69, 9.17) is 0 Å². The van der Waals surface area contributed by atoms with Crippen molar-refractivity contribution in [2.45, 2.75) is 39.3 Å². The lowest BCUT2D eigenvalue weighted by molar-refractivity contribution is 0.289. The second-order valence-electron chi connectivity index (χ2n) is 4.97. The molecule has 6 heteroatoms. The average Bonchev–Trinajstić information content (AvgIpc) is 2.83. The number of aryl methyl sites for hydroxylation is 1. The third-order valence-corrected chi connectivity index (χ3v) is 6.46. The fourth-order valence-electron chi connectivity index (χ4n) is 2.35. The van der Waals surface area contributed by atoms with Crippen LogP contribution in [-0.2, 0) is 16.6 Å². The molecule has 1 aromatic rings. The highest BCUT2D eigenvalue weighted by Crippen LogP contribution is 2.17. The maximum atomic E-state index is 11.8. The fourth-order valence-corrected chi connectivity index (χ4v) is 4.32. The van der Waals surface area contributed by atoms with Crippen LogP contribution in [0.4, 0.5) is 0 Å². The minimum absolute atomic E-state index is 0.208. The van der Waals surface area contributed by atoms with Crippen LogP contribution in [0.2, 0.25) is 0 Å². The lowest BCUT2D eigenvalue weighted by atomic mass is 10.1. The molecule has 0 aromatic carbocycles. The Hall–Kier alpha value is -0.430.